The van der Waals surface area contributed by atoms with Crippen LogP contribution in [0.5, 0.6) is 0 Å². The Morgan fingerprint density at radius 3 is 2.81 bits per heavy atom. The van der Waals surface area contributed by atoms with Crippen LogP contribution >= 0.6 is 15.9 Å². The number of halogens is 1. The fourth-order valence-corrected chi connectivity index (χ4v) is 4.51. The Balaban J connectivity index is 2.13. The lowest BCUT2D eigenvalue weighted by Crippen LogP contribution is -2.32. The van der Waals surface area contributed by atoms with Crippen LogP contribution in [0, 0.1) is 5.92 Å². The second kappa shape index (κ2) is 7.19. The van der Waals surface area contributed by atoms with Gasteiger partial charge in [-0.15, -0.1) is 0 Å². The van der Waals surface area contributed by atoms with Crippen LogP contribution in [-0.2, 0) is 21.3 Å². The molecule has 118 valence electrons. The highest BCUT2D eigenvalue weighted by atomic mass is 79.9. The Morgan fingerprint density at radius 1 is 1.43 bits per heavy atom. The summed E-state index contributed by atoms with van der Waals surface area (Å²) < 4.78 is 33.7. The molecule has 1 aromatic rings. The third-order valence-corrected chi connectivity index (χ3v) is 6.15. The van der Waals surface area contributed by atoms with E-state index in [9.17, 15) is 8.42 Å². The van der Waals surface area contributed by atoms with Crippen molar-refractivity contribution in [3.63, 3.8) is 0 Å². The van der Waals surface area contributed by atoms with Crippen LogP contribution in [-0.4, -0.2) is 34.7 Å². The lowest BCUT2D eigenvalue weighted by atomic mass is 10.0. The van der Waals surface area contributed by atoms with E-state index in [0.717, 1.165) is 12.0 Å². The molecule has 2 rings (SSSR count). The van der Waals surface area contributed by atoms with Gasteiger partial charge in [0.15, 0.2) is 0 Å². The van der Waals surface area contributed by atoms with E-state index in [1.807, 2.05) is 20.0 Å². The van der Waals surface area contributed by atoms with Gasteiger partial charge < -0.3 is 10.1 Å². The van der Waals surface area contributed by atoms with Gasteiger partial charge in [-0.2, -0.15) is 0 Å². The van der Waals surface area contributed by atoms with Gasteiger partial charge in [0.05, 0.1) is 11.0 Å². The van der Waals surface area contributed by atoms with Gasteiger partial charge in [-0.25, -0.2) is 13.1 Å². The maximum atomic E-state index is 12.5. The SMILES string of the molecule is CNCc1ccc(Br)c(S(=O)(=O)NCC2CCOC2C)c1. The van der Waals surface area contributed by atoms with Crippen LogP contribution in [0.1, 0.15) is 18.9 Å². The summed E-state index contributed by atoms with van der Waals surface area (Å²) in [7, 11) is -1.69. The second-order valence-electron chi connectivity index (χ2n) is 5.27. The van der Waals surface area contributed by atoms with E-state index in [1.165, 1.54) is 0 Å². The maximum absolute atomic E-state index is 12.5. The molecule has 1 heterocycles. The van der Waals surface area contributed by atoms with Gasteiger partial charge in [-0.3, -0.25) is 0 Å². The molecule has 1 saturated heterocycles. The summed E-state index contributed by atoms with van der Waals surface area (Å²) in [6, 6.07) is 5.35. The summed E-state index contributed by atoms with van der Waals surface area (Å²) in [6.07, 6.45) is 0.997. The molecule has 0 spiro atoms. The molecular formula is C14H21BrN2O3S. The number of hydrogen-bond donors (Lipinski definition) is 2. The molecule has 2 N–H and O–H groups in total. The maximum Gasteiger partial charge on any atom is 0.241 e. The third kappa shape index (κ3) is 4.26. The van der Waals surface area contributed by atoms with E-state index in [2.05, 4.69) is 26.0 Å². The minimum atomic E-state index is -3.52. The molecule has 0 aliphatic carbocycles. The summed E-state index contributed by atoms with van der Waals surface area (Å²) in [5.41, 5.74) is 0.929. The third-order valence-electron chi connectivity index (χ3n) is 3.73. The Kier molecular flexibility index (Phi) is 5.79. The normalized spacial score (nSPS) is 22.6. The summed E-state index contributed by atoms with van der Waals surface area (Å²) in [5.74, 6) is 0.235. The van der Waals surface area contributed by atoms with E-state index < -0.39 is 10.0 Å². The van der Waals surface area contributed by atoms with Crippen molar-refractivity contribution in [3.8, 4) is 0 Å². The van der Waals surface area contributed by atoms with Crippen LogP contribution in [0.25, 0.3) is 0 Å². The quantitative estimate of drug-likeness (QED) is 0.795. The van der Waals surface area contributed by atoms with E-state index in [0.29, 0.717) is 24.2 Å². The molecule has 1 aliphatic heterocycles. The molecular weight excluding hydrogens is 356 g/mol. The molecule has 0 radical (unpaired) electrons. The molecule has 1 aromatic carbocycles. The first-order valence-corrected chi connectivity index (χ1v) is 9.26. The van der Waals surface area contributed by atoms with Crippen molar-refractivity contribution in [2.24, 2.45) is 5.92 Å². The Hall–Kier alpha value is -0.470. The van der Waals surface area contributed by atoms with Gasteiger partial charge in [-0.1, -0.05) is 6.07 Å². The zero-order valence-corrected chi connectivity index (χ0v) is 14.6. The van der Waals surface area contributed by atoms with Crippen molar-refractivity contribution >= 4 is 26.0 Å². The first-order chi connectivity index (χ1) is 9.94. The smallest absolute Gasteiger partial charge is 0.241 e. The van der Waals surface area contributed by atoms with Gasteiger partial charge in [0.2, 0.25) is 10.0 Å². The number of hydrogen-bond acceptors (Lipinski definition) is 4. The summed E-state index contributed by atoms with van der Waals surface area (Å²) in [4.78, 5) is 0.279. The number of benzene rings is 1. The topological polar surface area (TPSA) is 67.4 Å². The number of sulfonamides is 1. The summed E-state index contributed by atoms with van der Waals surface area (Å²) in [5, 5.41) is 3.02. The number of rotatable bonds is 6. The molecule has 0 bridgehead atoms. The summed E-state index contributed by atoms with van der Waals surface area (Å²) >= 11 is 3.32. The van der Waals surface area contributed by atoms with Crippen LogP contribution in [0.15, 0.2) is 27.6 Å². The molecule has 0 amide bonds. The van der Waals surface area contributed by atoms with Crippen LogP contribution in [0.4, 0.5) is 0 Å². The molecule has 2 unspecified atom stereocenters. The van der Waals surface area contributed by atoms with Gasteiger partial charge in [0, 0.05) is 30.1 Å². The van der Waals surface area contributed by atoms with E-state index in [-0.39, 0.29) is 16.9 Å². The minimum Gasteiger partial charge on any atom is -0.378 e. The van der Waals surface area contributed by atoms with Crippen molar-refractivity contribution in [2.75, 3.05) is 20.2 Å². The monoisotopic (exact) mass is 376 g/mol. The van der Waals surface area contributed by atoms with Crippen molar-refractivity contribution in [1.82, 2.24) is 10.0 Å². The first kappa shape index (κ1) is 16.9. The van der Waals surface area contributed by atoms with Crippen molar-refractivity contribution in [3.05, 3.63) is 28.2 Å². The lowest BCUT2D eigenvalue weighted by Gasteiger charge is -2.16. The molecule has 21 heavy (non-hydrogen) atoms. The minimum absolute atomic E-state index is 0.103. The highest BCUT2D eigenvalue weighted by molar-refractivity contribution is 9.10. The molecule has 0 saturated carbocycles. The molecule has 7 heteroatoms. The van der Waals surface area contributed by atoms with Crippen molar-refractivity contribution < 1.29 is 13.2 Å². The molecule has 0 aromatic heterocycles. The second-order valence-corrected chi connectivity index (χ2v) is 7.86. The molecule has 5 nitrogen and oxygen atoms in total. The standard InChI is InChI=1S/C14H21BrN2O3S/c1-10-12(5-6-20-10)9-17-21(18,19)14-7-11(8-16-2)3-4-13(14)15/h3-4,7,10,12,16-17H,5-6,8-9H2,1-2H3. The Morgan fingerprint density at radius 2 is 2.19 bits per heavy atom. The predicted molar refractivity (Wildman–Crippen MR) is 85.6 cm³/mol. The van der Waals surface area contributed by atoms with Gasteiger partial charge in [-0.05, 0) is 54.0 Å². The van der Waals surface area contributed by atoms with Crippen molar-refractivity contribution in [1.29, 1.82) is 0 Å². The number of nitrogens with one attached hydrogen (secondary N) is 2. The highest BCUT2D eigenvalue weighted by Crippen LogP contribution is 2.24. The van der Waals surface area contributed by atoms with Gasteiger partial charge in [0.1, 0.15) is 0 Å². The predicted octanol–water partition coefficient (Wildman–Crippen LogP) is 1.87. The van der Waals surface area contributed by atoms with E-state index >= 15 is 0 Å². The average molecular weight is 377 g/mol. The zero-order chi connectivity index (χ0) is 15.5. The molecule has 1 fully saturated rings. The highest BCUT2D eigenvalue weighted by Gasteiger charge is 2.26. The Labute approximate surface area is 134 Å². The molecule has 1 aliphatic rings. The number of ether oxygens (including phenoxy) is 1. The first-order valence-electron chi connectivity index (χ1n) is 6.98. The van der Waals surface area contributed by atoms with Crippen LogP contribution in [0.3, 0.4) is 0 Å². The van der Waals surface area contributed by atoms with Gasteiger partial charge in [0.25, 0.3) is 0 Å². The van der Waals surface area contributed by atoms with Crippen LogP contribution in [0.2, 0.25) is 0 Å². The lowest BCUT2D eigenvalue weighted by molar-refractivity contribution is 0.107. The van der Waals surface area contributed by atoms with E-state index in [1.54, 1.807) is 12.1 Å². The fourth-order valence-electron chi connectivity index (χ4n) is 2.41. The average Bonchev–Trinajstić information content (AvgIpc) is 2.84. The van der Waals surface area contributed by atoms with Crippen molar-refractivity contribution in [2.45, 2.75) is 30.9 Å². The largest absolute Gasteiger partial charge is 0.378 e. The fraction of sp³-hybridized carbons (Fsp3) is 0.571. The van der Waals surface area contributed by atoms with Crippen LogP contribution < -0.4 is 10.0 Å². The zero-order valence-electron chi connectivity index (χ0n) is 12.2. The molecule has 2 atom stereocenters. The Bertz CT molecular complexity index is 592. The van der Waals surface area contributed by atoms with Gasteiger partial charge >= 0.3 is 0 Å². The van der Waals surface area contributed by atoms with E-state index in [4.69, 9.17) is 4.74 Å². The summed E-state index contributed by atoms with van der Waals surface area (Å²) in [6.45, 7) is 3.72.